The van der Waals surface area contributed by atoms with Crippen LogP contribution in [0.4, 0.5) is 0 Å². The molecule has 0 aliphatic rings. The molecule has 1 amide bonds. The van der Waals surface area contributed by atoms with Crippen molar-refractivity contribution in [3.8, 4) is 5.88 Å². The van der Waals surface area contributed by atoms with E-state index in [9.17, 15) is 9.90 Å². The molecular weight excluding hydrogens is 280 g/mol. The number of aryl methyl sites for hydroxylation is 1. The van der Waals surface area contributed by atoms with Gasteiger partial charge in [-0.1, -0.05) is 32.0 Å². The van der Waals surface area contributed by atoms with Crippen molar-refractivity contribution in [1.29, 1.82) is 0 Å². The zero-order valence-corrected chi connectivity index (χ0v) is 13.1. The largest absolute Gasteiger partial charge is 0.494 e. The van der Waals surface area contributed by atoms with E-state index in [1.165, 1.54) is 0 Å². The molecule has 22 heavy (non-hydrogen) atoms. The minimum atomic E-state index is -0.425. The molecule has 0 bridgehead atoms. The summed E-state index contributed by atoms with van der Waals surface area (Å²) in [5.41, 5.74) is 12.2. The average molecular weight is 302 g/mol. The minimum Gasteiger partial charge on any atom is -0.494 e. The monoisotopic (exact) mass is 302 g/mol. The molecule has 0 saturated heterocycles. The van der Waals surface area contributed by atoms with Crippen LogP contribution in [0, 0.1) is 12.8 Å². The first-order chi connectivity index (χ1) is 10.3. The molecule has 0 saturated carbocycles. The molecule has 1 heterocycles. The number of hydrogen-bond donors (Lipinski definition) is 3. The number of carbonyl (C=O) groups excluding carboxylic acids is 1. The molecule has 6 nitrogen and oxygen atoms in total. The van der Waals surface area contributed by atoms with E-state index in [0.29, 0.717) is 12.5 Å². The van der Waals surface area contributed by atoms with E-state index in [4.69, 9.17) is 11.5 Å². The number of rotatable bonds is 4. The van der Waals surface area contributed by atoms with Crippen molar-refractivity contribution in [1.82, 2.24) is 4.57 Å². The molecule has 0 aliphatic carbocycles. The highest BCUT2D eigenvalue weighted by Crippen LogP contribution is 2.35. The van der Waals surface area contributed by atoms with E-state index < -0.39 is 5.91 Å². The Labute approximate surface area is 129 Å². The summed E-state index contributed by atoms with van der Waals surface area (Å²) in [5, 5.41) is 12.2. The predicted octanol–water partition coefficient (Wildman–Crippen LogP) is 1.65. The fourth-order valence-corrected chi connectivity index (χ4v) is 2.69. The van der Waals surface area contributed by atoms with Crippen molar-refractivity contribution in [3.63, 3.8) is 0 Å². The van der Waals surface area contributed by atoms with Crippen molar-refractivity contribution in [2.45, 2.75) is 33.7 Å². The van der Waals surface area contributed by atoms with Gasteiger partial charge in [-0.25, -0.2) is 0 Å². The normalized spacial score (nSPS) is 11.1. The summed E-state index contributed by atoms with van der Waals surface area (Å²) in [6.07, 6.45) is 0.0468. The van der Waals surface area contributed by atoms with Gasteiger partial charge in [0.05, 0.1) is 6.42 Å². The second-order valence-corrected chi connectivity index (χ2v) is 5.88. The highest BCUT2D eigenvalue weighted by Gasteiger charge is 2.20. The number of nitrogens with zero attached hydrogens (tertiary/aromatic N) is 2. The van der Waals surface area contributed by atoms with Crippen LogP contribution in [-0.2, 0) is 17.8 Å². The fourth-order valence-electron chi connectivity index (χ4n) is 2.69. The molecule has 0 aliphatic heterocycles. The lowest BCUT2D eigenvalue weighted by molar-refractivity contribution is -0.117. The van der Waals surface area contributed by atoms with E-state index in [0.717, 1.165) is 22.0 Å². The first-order valence-electron chi connectivity index (χ1n) is 7.23. The maximum atomic E-state index is 12.0. The van der Waals surface area contributed by atoms with Crippen LogP contribution in [0.3, 0.4) is 0 Å². The molecule has 118 valence electrons. The van der Waals surface area contributed by atoms with Gasteiger partial charge in [0.2, 0.25) is 0 Å². The van der Waals surface area contributed by atoms with Gasteiger partial charge in [0, 0.05) is 23.0 Å². The number of aliphatic imine (C=N–C) groups is 1. The number of guanidine groups is 1. The van der Waals surface area contributed by atoms with E-state index >= 15 is 0 Å². The highest BCUT2D eigenvalue weighted by molar-refractivity contribution is 5.98. The molecule has 0 radical (unpaired) electrons. The van der Waals surface area contributed by atoms with Gasteiger partial charge in [0.25, 0.3) is 5.91 Å². The van der Waals surface area contributed by atoms with Crippen molar-refractivity contribution in [2.24, 2.45) is 22.4 Å². The number of amides is 1. The van der Waals surface area contributed by atoms with E-state index in [-0.39, 0.29) is 18.3 Å². The summed E-state index contributed by atoms with van der Waals surface area (Å²) in [5.74, 6) is -0.165. The molecule has 6 heteroatoms. The summed E-state index contributed by atoms with van der Waals surface area (Å²) in [6, 6.07) is 5.74. The summed E-state index contributed by atoms with van der Waals surface area (Å²) in [4.78, 5) is 15.5. The smallest absolute Gasteiger partial charge is 0.254 e. The van der Waals surface area contributed by atoms with Crippen molar-refractivity contribution in [3.05, 3.63) is 29.5 Å². The Morgan fingerprint density at radius 1 is 1.36 bits per heavy atom. The van der Waals surface area contributed by atoms with Gasteiger partial charge in [-0.05, 0) is 18.4 Å². The molecule has 2 rings (SSSR count). The molecule has 2 aromatic rings. The Kier molecular flexibility index (Phi) is 4.40. The van der Waals surface area contributed by atoms with Gasteiger partial charge in [-0.3, -0.25) is 4.79 Å². The van der Waals surface area contributed by atoms with Crippen LogP contribution in [-0.4, -0.2) is 21.5 Å². The van der Waals surface area contributed by atoms with Gasteiger partial charge in [-0.2, -0.15) is 4.99 Å². The molecule has 0 unspecified atom stereocenters. The Morgan fingerprint density at radius 2 is 2.05 bits per heavy atom. The minimum absolute atomic E-state index is 0.0468. The molecule has 1 aromatic carbocycles. The number of fused-ring (bicyclic) bond motifs is 1. The lowest BCUT2D eigenvalue weighted by atomic mass is 10.1. The van der Waals surface area contributed by atoms with Crippen molar-refractivity contribution >= 4 is 22.6 Å². The van der Waals surface area contributed by atoms with Crippen LogP contribution < -0.4 is 11.5 Å². The van der Waals surface area contributed by atoms with Gasteiger partial charge in [0.1, 0.15) is 0 Å². The molecule has 0 fully saturated rings. The molecule has 1 aromatic heterocycles. The fraction of sp³-hybridized carbons (Fsp3) is 0.375. The lowest BCUT2D eigenvalue weighted by Gasteiger charge is -2.12. The first kappa shape index (κ1) is 15.9. The third-order valence-electron chi connectivity index (χ3n) is 3.51. The van der Waals surface area contributed by atoms with Crippen LogP contribution in [0.1, 0.15) is 25.1 Å². The Hall–Kier alpha value is -2.50. The number of aromatic hydroxyl groups is 1. The summed E-state index contributed by atoms with van der Waals surface area (Å²) in [7, 11) is 0. The zero-order chi connectivity index (χ0) is 16.4. The van der Waals surface area contributed by atoms with Crippen molar-refractivity contribution in [2.75, 3.05) is 0 Å². The lowest BCUT2D eigenvalue weighted by Crippen LogP contribution is -2.25. The SMILES string of the molecule is Cc1cccc2c(CC(=O)N=C(N)N)n(CC(C)C)c(O)c12. The zero-order valence-electron chi connectivity index (χ0n) is 13.1. The van der Waals surface area contributed by atoms with E-state index in [1.807, 2.05) is 25.1 Å². The summed E-state index contributed by atoms with van der Waals surface area (Å²) < 4.78 is 1.78. The predicted molar refractivity (Wildman–Crippen MR) is 87.7 cm³/mol. The quantitative estimate of drug-likeness (QED) is 0.589. The van der Waals surface area contributed by atoms with E-state index in [2.05, 4.69) is 18.8 Å². The Bertz CT molecular complexity index is 740. The molecule has 5 N–H and O–H groups in total. The number of aromatic nitrogens is 1. The maximum Gasteiger partial charge on any atom is 0.254 e. The van der Waals surface area contributed by atoms with Gasteiger partial charge in [-0.15, -0.1) is 0 Å². The summed E-state index contributed by atoms with van der Waals surface area (Å²) >= 11 is 0. The second-order valence-electron chi connectivity index (χ2n) is 5.88. The number of hydrogen-bond acceptors (Lipinski definition) is 2. The summed E-state index contributed by atoms with van der Waals surface area (Å²) in [6.45, 7) is 6.66. The van der Waals surface area contributed by atoms with Crippen LogP contribution >= 0.6 is 0 Å². The second kappa shape index (κ2) is 6.09. The molecular formula is C16H22N4O2. The van der Waals surface area contributed by atoms with Crippen molar-refractivity contribution < 1.29 is 9.90 Å². The Morgan fingerprint density at radius 3 is 2.64 bits per heavy atom. The van der Waals surface area contributed by atoms with Gasteiger partial charge < -0.3 is 21.1 Å². The number of nitrogens with two attached hydrogens (primary N) is 2. The number of carbonyl (C=O) groups is 1. The molecule has 0 spiro atoms. The maximum absolute atomic E-state index is 12.0. The average Bonchev–Trinajstić information content (AvgIpc) is 2.64. The first-order valence-corrected chi connectivity index (χ1v) is 7.23. The van der Waals surface area contributed by atoms with Crippen LogP contribution in [0.25, 0.3) is 10.8 Å². The van der Waals surface area contributed by atoms with Crippen LogP contribution in [0.15, 0.2) is 23.2 Å². The third-order valence-corrected chi connectivity index (χ3v) is 3.51. The van der Waals surface area contributed by atoms with Crippen LogP contribution in [0.5, 0.6) is 5.88 Å². The topological polar surface area (TPSA) is 107 Å². The van der Waals surface area contributed by atoms with Gasteiger partial charge in [0.15, 0.2) is 11.8 Å². The van der Waals surface area contributed by atoms with E-state index in [1.54, 1.807) is 4.57 Å². The standard InChI is InChI=1S/C16H22N4O2/c1-9(2)8-20-12(7-13(21)19-16(17)18)11-6-4-5-10(3)14(11)15(20)22/h4-6,9,22H,7-8H2,1-3H3,(H4,17,18,19,21). The number of benzene rings is 1. The highest BCUT2D eigenvalue weighted by atomic mass is 16.3. The third kappa shape index (κ3) is 3.05. The van der Waals surface area contributed by atoms with Gasteiger partial charge >= 0.3 is 0 Å². The molecule has 0 atom stereocenters. The Balaban J connectivity index is 2.61. The van der Waals surface area contributed by atoms with Crippen LogP contribution in [0.2, 0.25) is 0 Å².